The molecule has 0 unspecified atom stereocenters. The fourth-order valence-electron chi connectivity index (χ4n) is 3.53. The number of allylic oxidation sites excluding steroid dienone is 1. The summed E-state index contributed by atoms with van der Waals surface area (Å²) < 4.78 is 2.27. The van der Waals surface area contributed by atoms with Crippen molar-refractivity contribution in [2.45, 2.75) is 123 Å². The van der Waals surface area contributed by atoms with Gasteiger partial charge >= 0.3 is 0 Å². The molecular weight excluding hydrogens is 364 g/mol. The molecule has 2 heteroatoms. The smallest absolute Gasteiger partial charge is 0.168 e. The summed E-state index contributed by atoms with van der Waals surface area (Å²) in [7, 11) is 0. The molecular formula is C28H53N2+. The highest BCUT2D eigenvalue weighted by atomic mass is 14.9. The summed E-state index contributed by atoms with van der Waals surface area (Å²) in [5, 5.41) is 3.22. The molecule has 2 rings (SSSR count). The molecule has 0 amide bonds. The van der Waals surface area contributed by atoms with E-state index in [1.807, 2.05) is 6.08 Å². The minimum Gasteiger partial charge on any atom is -0.317 e. The summed E-state index contributed by atoms with van der Waals surface area (Å²) in [6, 6.07) is 6.28. The number of hydrogen-bond acceptors (Lipinski definition) is 1. The fourth-order valence-corrected chi connectivity index (χ4v) is 3.53. The van der Waals surface area contributed by atoms with Gasteiger partial charge in [0, 0.05) is 18.6 Å². The summed E-state index contributed by atoms with van der Waals surface area (Å²) in [5.41, 5.74) is 0. The SMILES string of the molecule is C1CCNC1.C=CCCCCCCC.CCCCCCCCCC[n+]1ccccc1. The van der Waals surface area contributed by atoms with E-state index in [1.165, 1.54) is 122 Å². The highest BCUT2D eigenvalue weighted by molar-refractivity contribution is 4.83. The zero-order valence-corrected chi connectivity index (χ0v) is 20.6. The zero-order chi connectivity index (χ0) is 22.0. The van der Waals surface area contributed by atoms with Gasteiger partial charge in [-0.05, 0) is 45.2 Å². The third-order valence-electron chi connectivity index (χ3n) is 5.52. The minimum absolute atomic E-state index is 1.18. The molecule has 1 aliphatic rings. The lowest BCUT2D eigenvalue weighted by atomic mass is 10.1. The highest BCUT2D eigenvalue weighted by Crippen LogP contribution is 2.08. The van der Waals surface area contributed by atoms with Crippen LogP contribution in [-0.4, -0.2) is 13.1 Å². The summed E-state index contributed by atoms with van der Waals surface area (Å²) in [4.78, 5) is 0. The van der Waals surface area contributed by atoms with Gasteiger partial charge < -0.3 is 5.32 Å². The number of aromatic nitrogens is 1. The first-order valence-electron chi connectivity index (χ1n) is 13.1. The molecule has 1 fully saturated rings. The zero-order valence-electron chi connectivity index (χ0n) is 20.6. The molecule has 0 atom stereocenters. The Morgan fingerprint density at radius 1 is 0.700 bits per heavy atom. The quantitative estimate of drug-likeness (QED) is 0.173. The number of pyridine rings is 1. The van der Waals surface area contributed by atoms with E-state index in [9.17, 15) is 0 Å². The predicted octanol–water partition coefficient (Wildman–Crippen LogP) is 8.02. The summed E-state index contributed by atoms with van der Waals surface area (Å²) in [6.45, 7) is 11.9. The van der Waals surface area contributed by atoms with Crippen LogP contribution in [0.3, 0.4) is 0 Å². The number of nitrogens with one attached hydrogen (secondary N) is 1. The van der Waals surface area contributed by atoms with Crippen molar-refractivity contribution in [2.75, 3.05) is 13.1 Å². The summed E-state index contributed by atoms with van der Waals surface area (Å²) in [6.07, 6.45) is 28.4. The van der Waals surface area contributed by atoms with Crippen molar-refractivity contribution < 1.29 is 4.57 Å². The molecule has 1 aromatic rings. The number of hydrogen-bond donors (Lipinski definition) is 1. The van der Waals surface area contributed by atoms with Crippen LogP contribution < -0.4 is 9.88 Å². The number of rotatable bonds is 15. The summed E-state index contributed by atoms with van der Waals surface area (Å²) in [5.74, 6) is 0. The Morgan fingerprint density at radius 2 is 1.20 bits per heavy atom. The second-order valence-corrected chi connectivity index (χ2v) is 8.54. The summed E-state index contributed by atoms with van der Waals surface area (Å²) >= 11 is 0. The average Bonchev–Trinajstić information content (AvgIpc) is 3.37. The van der Waals surface area contributed by atoms with E-state index < -0.39 is 0 Å². The van der Waals surface area contributed by atoms with E-state index in [2.05, 4.69) is 60.9 Å². The predicted molar refractivity (Wildman–Crippen MR) is 135 cm³/mol. The molecule has 0 spiro atoms. The first-order valence-corrected chi connectivity index (χ1v) is 13.1. The molecule has 0 aliphatic carbocycles. The van der Waals surface area contributed by atoms with E-state index in [1.54, 1.807) is 0 Å². The lowest BCUT2D eigenvalue weighted by Crippen LogP contribution is -2.32. The Morgan fingerprint density at radius 3 is 1.67 bits per heavy atom. The van der Waals surface area contributed by atoms with Crippen molar-refractivity contribution in [3.05, 3.63) is 43.2 Å². The van der Waals surface area contributed by atoms with E-state index in [4.69, 9.17) is 0 Å². The second kappa shape index (κ2) is 25.9. The third-order valence-corrected chi connectivity index (χ3v) is 5.52. The van der Waals surface area contributed by atoms with Gasteiger partial charge in [0.1, 0.15) is 6.54 Å². The van der Waals surface area contributed by atoms with Gasteiger partial charge in [0.25, 0.3) is 0 Å². The van der Waals surface area contributed by atoms with Crippen LogP contribution in [0.25, 0.3) is 0 Å². The first-order chi connectivity index (χ1) is 14.8. The molecule has 174 valence electrons. The van der Waals surface area contributed by atoms with Crippen molar-refractivity contribution in [3.63, 3.8) is 0 Å². The molecule has 0 radical (unpaired) electrons. The number of aryl methyl sites for hydroxylation is 1. The lowest BCUT2D eigenvalue weighted by Gasteiger charge is -2.00. The van der Waals surface area contributed by atoms with Crippen LogP contribution in [0.1, 0.15) is 117 Å². The van der Waals surface area contributed by atoms with Crippen molar-refractivity contribution in [2.24, 2.45) is 0 Å². The maximum Gasteiger partial charge on any atom is 0.168 e. The lowest BCUT2D eigenvalue weighted by molar-refractivity contribution is -0.697. The Kier molecular flexibility index (Phi) is 24.9. The van der Waals surface area contributed by atoms with Gasteiger partial charge in [0.2, 0.25) is 0 Å². The fraction of sp³-hybridized carbons (Fsp3) is 0.750. The molecule has 2 heterocycles. The topological polar surface area (TPSA) is 15.9 Å². The molecule has 1 N–H and O–H groups in total. The minimum atomic E-state index is 1.18. The van der Waals surface area contributed by atoms with Crippen LogP contribution in [0.15, 0.2) is 43.2 Å². The van der Waals surface area contributed by atoms with Gasteiger partial charge in [0.15, 0.2) is 12.4 Å². The largest absolute Gasteiger partial charge is 0.317 e. The van der Waals surface area contributed by atoms with Gasteiger partial charge in [0.05, 0.1) is 0 Å². The molecule has 0 saturated carbocycles. The monoisotopic (exact) mass is 417 g/mol. The molecule has 1 saturated heterocycles. The van der Waals surface area contributed by atoms with Crippen LogP contribution in [0.2, 0.25) is 0 Å². The van der Waals surface area contributed by atoms with E-state index in [0.29, 0.717) is 0 Å². The van der Waals surface area contributed by atoms with Crippen LogP contribution in [0.5, 0.6) is 0 Å². The molecule has 1 aliphatic heterocycles. The highest BCUT2D eigenvalue weighted by Gasteiger charge is 1.97. The van der Waals surface area contributed by atoms with Crippen LogP contribution in [0, 0.1) is 0 Å². The number of unbranched alkanes of at least 4 members (excludes halogenated alkanes) is 12. The Hall–Kier alpha value is -1.15. The van der Waals surface area contributed by atoms with Gasteiger partial charge in [-0.25, -0.2) is 4.57 Å². The van der Waals surface area contributed by atoms with Crippen LogP contribution in [0.4, 0.5) is 0 Å². The van der Waals surface area contributed by atoms with Gasteiger partial charge in [-0.1, -0.05) is 90.2 Å². The van der Waals surface area contributed by atoms with Gasteiger partial charge in [-0.3, -0.25) is 0 Å². The number of nitrogens with zero attached hydrogens (tertiary/aromatic N) is 1. The second-order valence-electron chi connectivity index (χ2n) is 8.54. The van der Waals surface area contributed by atoms with Crippen molar-refractivity contribution in [1.29, 1.82) is 0 Å². The van der Waals surface area contributed by atoms with Crippen LogP contribution >= 0.6 is 0 Å². The average molecular weight is 418 g/mol. The van der Waals surface area contributed by atoms with Crippen molar-refractivity contribution in [1.82, 2.24) is 5.32 Å². The third kappa shape index (κ3) is 23.1. The molecule has 0 aromatic carbocycles. The molecule has 1 aromatic heterocycles. The molecule has 30 heavy (non-hydrogen) atoms. The molecule has 2 nitrogen and oxygen atoms in total. The molecule has 0 bridgehead atoms. The van der Waals surface area contributed by atoms with Crippen molar-refractivity contribution >= 4 is 0 Å². The van der Waals surface area contributed by atoms with Gasteiger partial charge in [-0.2, -0.15) is 0 Å². The van der Waals surface area contributed by atoms with Crippen LogP contribution in [-0.2, 0) is 6.54 Å². The van der Waals surface area contributed by atoms with E-state index >= 15 is 0 Å². The Balaban J connectivity index is 0.000000500. The van der Waals surface area contributed by atoms with E-state index in [-0.39, 0.29) is 0 Å². The normalized spacial score (nSPS) is 12.5. The van der Waals surface area contributed by atoms with E-state index in [0.717, 1.165) is 0 Å². The Labute approximate surface area is 189 Å². The first kappa shape index (κ1) is 28.9. The van der Waals surface area contributed by atoms with Crippen molar-refractivity contribution in [3.8, 4) is 0 Å². The van der Waals surface area contributed by atoms with Gasteiger partial charge in [-0.15, -0.1) is 6.58 Å². The maximum atomic E-state index is 3.68. The Bertz CT molecular complexity index is 418. The maximum absolute atomic E-state index is 3.68. The standard InChI is InChI=1S/C15H26N.C9H18.C4H9N/c1-2-3-4-5-6-7-8-10-13-16-14-11-9-12-15-16;1-3-5-7-9-8-6-4-2;1-2-4-5-3-1/h9,11-12,14-15H,2-8,10,13H2,1H3;3H,1,4-9H2,2H3;5H,1-4H2/q+1;;.